The SMILES string of the molecule is CC1(C)OC(C#N)c2ccc(N)cc21. The maximum Gasteiger partial charge on any atom is 0.170 e. The number of nitriles is 1. The van der Waals surface area contributed by atoms with E-state index in [4.69, 9.17) is 15.7 Å². The first-order valence-electron chi connectivity index (χ1n) is 4.52. The van der Waals surface area contributed by atoms with E-state index in [2.05, 4.69) is 6.07 Å². The third kappa shape index (κ3) is 1.16. The number of ether oxygens (including phenoxy) is 1. The second-order valence-electron chi connectivity index (χ2n) is 3.98. The molecule has 0 amide bonds. The fourth-order valence-corrected chi connectivity index (χ4v) is 1.84. The highest BCUT2D eigenvalue weighted by Gasteiger charge is 2.37. The summed E-state index contributed by atoms with van der Waals surface area (Å²) in [6.07, 6.45) is -0.458. The average Bonchev–Trinajstić information content (AvgIpc) is 2.38. The van der Waals surface area contributed by atoms with E-state index >= 15 is 0 Å². The Balaban J connectivity index is 2.61. The van der Waals surface area contributed by atoms with Crippen LogP contribution in [0.4, 0.5) is 5.69 Å². The number of anilines is 1. The van der Waals surface area contributed by atoms with E-state index in [0.29, 0.717) is 5.69 Å². The summed E-state index contributed by atoms with van der Waals surface area (Å²) in [6, 6.07) is 7.68. The lowest BCUT2D eigenvalue weighted by atomic mass is 9.94. The minimum atomic E-state index is -0.458. The van der Waals surface area contributed by atoms with Crippen LogP contribution in [0.15, 0.2) is 18.2 Å². The molecule has 72 valence electrons. The van der Waals surface area contributed by atoms with Crippen LogP contribution in [0.2, 0.25) is 0 Å². The topological polar surface area (TPSA) is 59.0 Å². The zero-order valence-corrected chi connectivity index (χ0v) is 8.24. The number of fused-ring (bicyclic) bond motifs is 1. The first-order chi connectivity index (χ1) is 6.54. The second kappa shape index (κ2) is 2.73. The van der Waals surface area contributed by atoms with Crippen molar-refractivity contribution in [3.63, 3.8) is 0 Å². The van der Waals surface area contributed by atoms with E-state index in [1.807, 2.05) is 26.0 Å². The number of nitrogens with zero attached hydrogens (tertiary/aromatic N) is 1. The molecule has 1 aliphatic heterocycles. The van der Waals surface area contributed by atoms with Gasteiger partial charge in [-0.3, -0.25) is 0 Å². The lowest BCUT2D eigenvalue weighted by Gasteiger charge is -2.18. The highest BCUT2D eigenvalue weighted by Crippen LogP contribution is 2.43. The molecule has 14 heavy (non-hydrogen) atoms. The van der Waals surface area contributed by atoms with Crippen molar-refractivity contribution < 1.29 is 4.74 Å². The molecule has 0 spiro atoms. The molecule has 3 nitrogen and oxygen atoms in total. The second-order valence-corrected chi connectivity index (χ2v) is 3.98. The van der Waals surface area contributed by atoms with Crippen LogP contribution in [0.5, 0.6) is 0 Å². The van der Waals surface area contributed by atoms with E-state index in [-0.39, 0.29) is 0 Å². The average molecular weight is 188 g/mol. The summed E-state index contributed by atoms with van der Waals surface area (Å²) in [6.45, 7) is 3.89. The lowest BCUT2D eigenvalue weighted by Crippen LogP contribution is -2.15. The first-order valence-corrected chi connectivity index (χ1v) is 4.52. The Kier molecular flexibility index (Phi) is 1.76. The van der Waals surface area contributed by atoms with Gasteiger partial charge in [-0.2, -0.15) is 5.26 Å². The van der Waals surface area contributed by atoms with Crippen molar-refractivity contribution in [3.8, 4) is 6.07 Å². The van der Waals surface area contributed by atoms with Crippen molar-refractivity contribution in [2.75, 3.05) is 5.73 Å². The van der Waals surface area contributed by atoms with E-state index in [1.165, 1.54) is 0 Å². The van der Waals surface area contributed by atoms with Crippen molar-refractivity contribution in [2.24, 2.45) is 0 Å². The molecular formula is C11H12N2O. The van der Waals surface area contributed by atoms with E-state index in [9.17, 15) is 0 Å². The van der Waals surface area contributed by atoms with Gasteiger partial charge in [0.25, 0.3) is 0 Å². The van der Waals surface area contributed by atoms with Crippen molar-refractivity contribution in [1.29, 1.82) is 5.26 Å². The Bertz CT molecular complexity index is 418. The monoisotopic (exact) mass is 188 g/mol. The number of hydrogen-bond acceptors (Lipinski definition) is 3. The highest BCUT2D eigenvalue weighted by atomic mass is 16.5. The Morgan fingerprint density at radius 1 is 1.50 bits per heavy atom. The number of nitrogen functional groups attached to an aromatic ring is 1. The summed E-state index contributed by atoms with van der Waals surface area (Å²) in [5, 5.41) is 8.91. The molecule has 1 unspecified atom stereocenters. The zero-order chi connectivity index (χ0) is 10.3. The number of hydrogen-bond donors (Lipinski definition) is 1. The van der Waals surface area contributed by atoms with E-state index in [1.54, 1.807) is 6.07 Å². The van der Waals surface area contributed by atoms with Gasteiger partial charge in [0.15, 0.2) is 6.10 Å². The minimum Gasteiger partial charge on any atom is -0.399 e. The van der Waals surface area contributed by atoms with Gasteiger partial charge in [-0.05, 0) is 31.5 Å². The molecule has 0 bridgehead atoms. The van der Waals surface area contributed by atoms with Crippen LogP contribution >= 0.6 is 0 Å². The van der Waals surface area contributed by atoms with E-state index in [0.717, 1.165) is 11.1 Å². The Morgan fingerprint density at radius 3 is 2.86 bits per heavy atom. The minimum absolute atomic E-state index is 0.412. The molecule has 1 aromatic carbocycles. The zero-order valence-electron chi connectivity index (χ0n) is 8.24. The maximum atomic E-state index is 8.91. The summed E-state index contributed by atoms with van der Waals surface area (Å²) in [5.74, 6) is 0. The van der Waals surface area contributed by atoms with Gasteiger partial charge >= 0.3 is 0 Å². The lowest BCUT2D eigenvalue weighted by molar-refractivity contribution is -0.0276. The molecule has 3 heteroatoms. The van der Waals surface area contributed by atoms with E-state index < -0.39 is 11.7 Å². The maximum absolute atomic E-state index is 8.91. The molecule has 0 radical (unpaired) electrons. The van der Waals surface area contributed by atoms with Crippen LogP contribution < -0.4 is 5.73 Å². The van der Waals surface area contributed by atoms with Crippen molar-refractivity contribution in [2.45, 2.75) is 25.6 Å². The summed E-state index contributed by atoms with van der Waals surface area (Å²) in [4.78, 5) is 0. The summed E-state index contributed by atoms with van der Waals surface area (Å²) >= 11 is 0. The fraction of sp³-hybridized carbons (Fsp3) is 0.364. The Morgan fingerprint density at radius 2 is 2.21 bits per heavy atom. The smallest absolute Gasteiger partial charge is 0.170 e. The van der Waals surface area contributed by atoms with Crippen LogP contribution in [0.1, 0.15) is 31.1 Å². The number of rotatable bonds is 0. The highest BCUT2D eigenvalue weighted by molar-refractivity contribution is 5.50. The summed E-state index contributed by atoms with van der Waals surface area (Å²) < 4.78 is 5.61. The molecule has 0 saturated carbocycles. The molecule has 2 N–H and O–H groups in total. The molecule has 0 aliphatic carbocycles. The fourth-order valence-electron chi connectivity index (χ4n) is 1.84. The quantitative estimate of drug-likeness (QED) is 0.634. The standard InChI is InChI=1S/C11H12N2O/c1-11(2)9-5-7(13)3-4-8(9)10(6-12)14-11/h3-5,10H,13H2,1-2H3. The Hall–Kier alpha value is -1.53. The third-order valence-corrected chi connectivity index (χ3v) is 2.54. The van der Waals surface area contributed by atoms with Gasteiger partial charge in [-0.25, -0.2) is 0 Å². The van der Waals surface area contributed by atoms with Crippen molar-refractivity contribution in [1.82, 2.24) is 0 Å². The van der Waals surface area contributed by atoms with Crippen LogP contribution in [0.25, 0.3) is 0 Å². The van der Waals surface area contributed by atoms with Crippen LogP contribution in [-0.2, 0) is 10.3 Å². The van der Waals surface area contributed by atoms with Gasteiger partial charge in [0, 0.05) is 11.3 Å². The van der Waals surface area contributed by atoms with Gasteiger partial charge < -0.3 is 10.5 Å². The predicted molar refractivity (Wildman–Crippen MR) is 53.3 cm³/mol. The van der Waals surface area contributed by atoms with Gasteiger partial charge in [0.1, 0.15) is 0 Å². The van der Waals surface area contributed by atoms with Crippen LogP contribution in [-0.4, -0.2) is 0 Å². The molecule has 0 saturated heterocycles. The van der Waals surface area contributed by atoms with Crippen LogP contribution in [0, 0.1) is 11.3 Å². The molecule has 1 aliphatic rings. The number of benzene rings is 1. The normalized spacial score (nSPS) is 22.8. The molecule has 1 atom stereocenters. The molecular weight excluding hydrogens is 176 g/mol. The molecule has 0 fully saturated rings. The summed E-state index contributed by atoms with van der Waals surface area (Å²) in [5.41, 5.74) is 7.95. The number of nitrogens with two attached hydrogens (primary N) is 1. The van der Waals surface area contributed by atoms with Crippen molar-refractivity contribution >= 4 is 5.69 Å². The van der Waals surface area contributed by atoms with Gasteiger partial charge in [0.2, 0.25) is 0 Å². The summed E-state index contributed by atoms with van der Waals surface area (Å²) in [7, 11) is 0. The van der Waals surface area contributed by atoms with Crippen LogP contribution in [0.3, 0.4) is 0 Å². The third-order valence-electron chi connectivity index (χ3n) is 2.54. The van der Waals surface area contributed by atoms with Crippen molar-refractivity contribution in [3.05, 3.63) is 29.3 Å². The van der Waals surface area contributed by atoms with Gasteiger partial charge in [-0.1, -0.05) is 6.07 Å². The largest absolute Gasteiger partial charge is 0.399 e. The van der Waals surface area contributed by atoms with Gasteiger partial charge in [0.05, 0.1) is 11.7 Å². The molecule has 1 aromatic rings. The first kappa shape index (κ1) is 9.04. The molecule has 0 aromatic heterocycles. The predicted octanol–water partition coefficient (Wildman–Crippen LogP) is 2.10. The molecule has 1 heterocycles. The Labute approximate surface area is 83.1 Å². The van der Waals surface area contributed by atoms with Gasteiger partial charge in [-0.15, -0.1) is 0 Å². The molecule has 2 rings (SSSR count).